The molecule has 0 aromatic heterocycles. The summed E-state index contributed by atoms with van der Waals surface area (Å²) >= 11 is 0. The molecule has 0 aliphatic heterocycles. The molecule has 1 heteroatoms. The molecule has 0 rings (SSSR count). The van der Waals surface area contributed by atoms with E-state index in [1.54, 1.807) is 12.5 Å². The van der Waals surface area contributed by atoms with Gasteiger partial charge in [0, 0.05) is 0 Å². The van der Waals surface area contributed by atoms with Crippen molar-refractivity contribution >= 4 is 0 Å². The lowest BCUT2D eigenvalue weighted by Crippen LogP contribution is -1.71. The highest BCUT2D eigenvalue weighted by atomic mass is 16.5. The first-order valence-electron chi connectivity index (χ1n) is 3.05. The van der Waals surface area contributed by atoms with Crippen LogP contribution in [0.15, 0.2) is 23.7 Å². The molecule has 0 spiro atoms. The average Bonchev–Trinajstić information content (AvgIpc) is 1.63. The van der Waals surface area contributed by atoms with E-state index < -0.39 is 0 Å². The summed E-state index contributed by atoms with van der Waals surface area (Å²) in [5.74, 6) is 0. The fourth-order valence-corrected chi connectivity index (χ4v) is 0.306. The van der Waals surface area contributed by atoms with E-state index in [4.69, 9.17) is 4.74 Å². The number of hydrogen-bond acceptors (Lipinski definition) is 1. The maximum Gasteiger partial charge on any atom is 0.0887 e. The van der Waals surface area contributed by atoms with E-state index in [0.717, 1.165) is 0 Å². The van der Waals surface area contributed by atoms with Crippen LogP contribution in [0, 0.1) is 0 Å². The van der Waals surface area contributed by atoms with Gasteiger partial charge in [-0.05, 0) is 38.8 Å². The second-order valence-electron chi connectivity index (χ2n) is 2.53. The van der Waals surface area contributed by atoms with Gasteiger partial charge in [-0.2, -0.15) is 0 Å². The lowest BCUT2D eigenvalue weighted by Gasteiger charge is -1.91. The number of allylic oxidation sites excluding steroid dienone is 2. The molecule has 0 N–H and O–H groups in total. The SMILES string of the molecule is CC(C)=COC=C(C)C. The summed E-state index contributed by atoms with van der Waals surface area (Å²) in [4.78, 5) is 0. The van der Waals surface area contributed by atoms with Gasteiger partial charge in [-0.25, -0.2) is 0 Å². The molecule has 0 aliphatic rings. The second-order valence-corrected chi connectivity index (χ2v) is 2.53. The van der Waals surface area contributed by atoms with Gasteiger partial charge in [-0.1, -0.05) is 0 Å². The van der Waals surface area contributed by atoms with Crippen molar-refractivity contribution in [2.45, 2.75) is 27.7 Å². The van der Waals surface area contributed by atoms with E-state index in [1.807, 2.05) is 27.7 Å². The largest absolute Gasteiger partial charge is 0.473 e. The van der Waals surface area contributed by atoms with Crippen LogP contribution in [0.5, 0.6) is 0 Å². The number of hydrogen-bond donors (Lipinski definition) is 0. The van der Waals surface area contributed by atoms with Crippen LogP contribution in [-0.4, -0.2) is 0 Å². The van der Waals surface area contributed by atoms with Gasteiger partial charge in [0.15, 0.2) is 0 Å². The first-order chi connectivity index (χ1) is 4.13. The van der Waals surface area contributed by atoms with E-state index >= 15 is 0 Å². The zero-order chi connectivity index (χ0) is 7.28. The zero-order valence-corrected chi connectivity index (χ0v) is 6.56. The maximum absolute atomic E-state index is 5.03. The first-order valence-corrected chi connectivity index (χ1v) is 3.05. The molecule has 0 fully saturated rings. The lowest BCUT2D eigenvalue weighted by molar-refractivity contribution is 0.393. The molecule has 0 saturated carbocycles. The van der Waals surface area contributed by atoms with Crippen LogP contribution in [0.4, 0.5) is 0 Å². The van der Waals surface area contributed by atoms with Gasteiger partial charge < -0.3 is 4.74 Å². The van der Waals surface area contributed by atoms with Gasteiger partial charge in [0.25, 0.3) is 0 Å². The normalized spacial score (nSPS) is 8.00. The van der Waals surface area contributed by atoms with Crippen LogP contribution in [0.3, 0.4) is 0 Å². The minimum absolute atomic E-state index is 1.17. The Morgan fingerprint density at radius 2 is 1.22 bits per heavy atom. The third kappa shape index (κ3) is 7.28. The van der Waals surface area contributed by atoms with E-state index in [-0.39, 0.29) is 0 Å². The van der Waals surface area contributed by atoms with Gasteiger partial charge in [-0.3, -0.25) is 0 Å². The fraction of sp³-hybridized carbons (Fsp3) is 0.500. The molecule has 0 heterocycles. The van der Waals surface area contributed by atoms with Crippen molar-refractivity contribution in [3.05, 3.63) is 23.7 Å². The van der Waals surface area contributed by atoms with Crippen molar-refractivity contribution in [3.63, 3.8) is 0 Å². The van der Waals surface area contributed by atoms with Gasteiger partial charge in [0.2, 0.25) is 0 Å². The Bertz CT molecular complexity index is 108. The van der Waals surface area contributed by atoms with Crippen LogP contribution in [0.25, 0.3) is 0 Å². The molecule has 0 radical (unpaired) electrons. The van der Waals surface area contributed by atoms with Crippen molar-refractivity contribution in [1.29, 1.82) is 0 Å². The van der Waals surface area contributed by atoms with Crippen LogP contribution < -0.4 is 0 Å². The average molecular weight is 126 g/mol. The molecule has 9 heavy (non-hydrogen) atoms. The summed E-state index contributed by atoms with van der Waals surface area (Å²) in [7, 11) is 0. The molecule has 0 saturated heterocycles. The Hall–Kier alpha value is -0.720. The Labute approximate surface area is 57.0 Å². The molecule has 0 amide bonds. The number of ether oxygens (including phenoxy) is 1. The van der Waals surface area contributed by atoms with Gasteiger partial charge in [-0.15, -0.1) is 0 Å². The van der Waals surface area contributed by atoms with E-state index in [2.05, 4.69) is 0 Å². The Morgan fingerprint density at radius 1 is 0.889 bits per heavy atom. The van der Waals surface area contributed by atoms with Gasteiger partial charge >= 0.3 is 0 Å². The van der Waals surface area contributed by atoms with E-state index in [0.29, 0.717) is 0 Å². The van der Waals surface area contributed by atoms with Crippen LogP contribution in [0.1, 0.15) is 27.7 Å². The minimum atomic E-state index is 1.17. The highest BCUT2D eigenvalue weighted by Crippen LogP contribution is 1.93. The lowest BCUT2D eigenvalue weighted by atomic mass is 10.4. The predicted molar refractivity (Wildman–Crippen MR) is 39.9 cm³/mol. The van der Waals surface area contributed by atoms with Gasteiger partial charge in [0.1, 0.15) is 0 Å². The summed E-state index contributed by atoms with van der Waals surface area (Å²) in [5, 5.41) is 0. The minimum Gasteiger partial charge on any atom is -0.473 e. The van der Waals surface area contributed by atoms with Crippen LogP contribution >= 0.6 is 0 Å². The van der Waals surface area contributed by atoms with Crippen LogP contribution in [-0.2, 0) is 4.74 Å². The molecular formula is C8H14O. The highest BCUT2D eigenvalue weighted by Gasteiger charge is 1.75. The fourth-order valence-electron chi connectivity index (χ4n) is 0.306. The molecular weight excluding hydrogens is 112 g/mol. The summed E-state index contributed by atoms with van der Waals surface area (Å²) in [6.07, 6.45) is 3.46. The monoisotopic (exact) mass is 126 g/mol. The Balaban J connectivity index is 3.53. The molecule has 1 nitrogen and oxygen atoms in total. The van der Waals surface area contributed by atoms with Gasteiger partial charge in [0.05, 0.1) is 12.5 Å². The van der Waals surface area contributed by atoms with Crippen molar-refractivity contribution < 1.29 is 4.74 Å². The van der Waals surface area contributed by atoms with E-state index in [9.17, 15) is 0 Å². The molecule has 0 aliphatic carbocycles. The van der Waals surface area contributed by atoms with Crippen molar-refractivity contribution in [3.8, 4) is 0 Å². The highest BCUT2D eigenvalue weighted by molar-refractivity contribution is 4.92. The maximum atomic E-state index is 5.03. The third-order valence-corrected chi connectivity index (χ3v) is 0.607. The van der Waals surface area contributed by atoms with Crippen molar-refractivity contribution in [2.24, 2.45) is 0 Å². The Kier molecular flexibility index (Phi) is 3.85. The Morgan fingerprint density at radius 3 is 1.44 bits per heavy atom. The van der Waals surface area contributed by atoms with Crippen molar-refractivity contribution in [2.75, 3.05) is 0 Å². The number of rotatable bonds is 2. The second kappa shape index (κ2) is 4.19. The summed E-state index contributed by atoms with van der Waals surface area (Å²) in [5.41, 5.74) is 2.35. The first kappa shape index (κ1) is 8.28. The molecule has 0 bridgehead atoms. The summed E-state index contributed by atoms with van der Waals surface area (Å²) < 4.78 is 5.03. The molecule has 0 unspecified atom stereocenters. The standard InChI is InChI=1S/C8H14O/c1-7(2)5-9-6-8(3)4/h5-6H,1-4H3. The van der Waals surface area contributed by atoms with E-state index in [1.165, 1.54) is 11.1 Å². The molecule has 0 aromatic carbocycles. The summed E-state index contributed by atoms with van der Waals surface area (Å²) in [6, 6.07) is 0. The zero-order valence-electron chi connectivity index (χ0n) is 6.56. The van der Waals surface area contributed by atoms with Crippen LogP contribution in [0.2, 0.25) is 0 Å². The molecule has 0 aromatic rings. The predicted octanol–water partition coefficient (Wildman–Crippen LogP) is 2.85. The third-order valence-electron chi connectivity index (χ3n) is 0.607. The summed E-state index contributed by atoms with van der Waals surface area (Å²) in [6.45, 7) is 8.00. The topological polar surface area (TPSA) is 9.23 Å². The molecule has 52 valence electrons. The van der Waals surface area contributed by atoms with Crippen molar-refractivity contribution in [1.82, 2.24) is 0 Å². The quantitative estimate of drug-likeness (QED) is 0.517. The smallest absolute Gasteiger partial charge is 0.0887 e. The molecule has 0 atom stereocenters.